The van der Waals surface area contributed by atoms with Crippen LogP contribution in [0.15, 0.2) is 106 Å². The fourth-order valence-corrected chi connectivity index (χ4v) is 5.26. The first-order valence-corrected chi connectivity index (χ1v) is 14.3. The Balaban J connectivity index is 1.22. The molecule has 6 aromatic rings. The number of carbonyl (C=O) groups excluding carboxylic acids is 2. The van der Waals surface area contributed by atoms with Crippen LogP contribution in [0.4, 0.5) is 0 Å². The van der Waals surface area contributed by atoms with Gasteiger partial charge in [-0.15, -0.1) is 5.10 Å². The lowest BCUT2D eigenvalue weighted by Gasteiger charge is -2.12. The highest BCUT2D eigenvalue weighted by atomic mass is 32.2. The van der Waals surface area contributed by atoms with Gasteiger partial charge in [-0.3, -0.25) is 19.3 Å². The largest absolute Gasteiger partial charge is 0.465 e. The van der Waals surface area contributed by atoms with Gasteiger partial charge in [0.05, 0.1) is 24.1 Å². The number of aromatic nitrogens is 6. The van der Waals surface area contributed by atoms with Gasteiger partial charge in [0, 0.05) is 29.1 Å². The van der Waals surface area contributed by atoms with Gasteiger partial charge in [0.1, 0.15) is 0 Å². The molecule has 11 nitrogen and oxygen atoms in total. The minimum absolute atomic E-state index is 0.275. The Kier molecular flexibility index (Phi) is 7.98. The highest BCUT2D eigenvalue weighted by Crippen LogP contribution is 2.27. The lowest BCUT2D eigenvalue weighted by atomic mass is 10.1. The average molecular weight is 604 g/mol. The number of hydrogen-bond acceptors (Lipinski definition) is 9. The zero-order chi connectivity index (χ0) is 30.6. The van der Waals surface area contributed by atoms with Gasteiger partial charge in [-0.2, -0.15) is 0 Å². The Bertz CT molecular complexity index is 2040. The van der Waals surface area contributed by atoms with Crippen LogP contribution in [0.2, 0.25) is 0 Å². The molecule has 0 spiro atoms. The maximum absolute atomic E-state index is 13.1. The van der Waals surface area contributed by atoms with Crippen molar-refractivity contribution in [2.24, 2.45) is 0 Å². The number of fused-ring (bicyclic) bond motifs is 1. The predicted molar refractivity (Wildman–Crippen MR) is 165 cm³/mol. The van der Waals surface area contributed by atoms with Gasteiger partial charge in [-0.05, 0) is 66.7 Å². The van der Waals surface area contributed by atoms with Crippen molar-refractivity contribution in [1.82, 2.24) is 35.0 Å². The van der Waals surface area contributed by atoms with E-state index in [2.05, 4.69) is 25.5 Å². The zero-order valence-corrected chi connectivity index (χ0v) is 24.5. The summed E-state index contributed by atoms with van der Waals surface area (Å²) in [5, 5.41) is 11.7. The monoisotopic (exact) mass is 603 g/mol. The summed E-state index contributed by atoms with van der Waals surface area (Å²) in [4.78, 5) is 51.4. The summed E-state index contributed by atoms with van der Waals surface area (Å²) < 4.78 is 6.20. The van der Waals surface area contributed by atoms with E-state index in [1.165, 1.54) is 29.5 Å². The smallest absolute Gasteiger partial charge is 0.337 e. The molecule has 0 unspecified atom stereocenters. The second kappa shape index (κ2) is 12.3. The minimum atomic E-state index is -0.422. The third-order valence-electron chi connectivity index (χ3n) is 6.83. The molecule has 0 aliphatic heterocycles. The van der Waals surface area contributed by atoms with Gasteiger partial charge in [-0.1, -0.05) is 42.5 Å². The molecule has 0 aliphatic carbocycles. The first-order valence-electron chi connectivity index (χ1n) is 13.5. The molecule has 0 radical (unpaired) electrons. The molecule has 2 N–H and O–H groups in total. The van der Waals surface area contributed by atoms with Crippen molar-refractivity contribution < 1.29 is 14.3 Å². The predicted octanol–water partition coefficient (Wildman–Crippen LogP) is 4.74. The molecule has 0 aliphatic rings. The number of aryl methyl sites for hydroxylation is 1. The van der Waals surface area contributed by atoms with E-state index in [0.29, 0.717) is 49.7 Å². The topological polar surface area (TPSA) is 145 Å². The zero-order valence-electron chi connectivity index (χ0n) is 23.6. The number of amides is 1. The number of pyridine rings is 1. The summed E-state index contributed by atoms with van der Waals surface area (Å²) >= 11 is 1.19. The molecular weight excluding hydrogens is 578 g/mol. The van der Waals surface area contributed by atoms with Crippen LogP contribution in [-0.2, 0) is 11.3 Å². The van der Waals surface area contributed by atoms with E-state index in [9.17, 15) is 14.4 Å². The third-order valence-corrected chi connectivity index (χ3v) is 7.56. The number of carbonyl (C=O) groups is 2. The summed E-state index contributed by atoms with van der Waals surface area (Å²) in [6, 6.07) is 26.3. The van der Waals surface area contributed by atoms with Crippen molar-refractivity contribution in [3.63, 3.8) is 0 Å². The third kappa shape index (κ3) is 5.96. The molecule has 3 aromatic heterocycles. The lowest BCUT2D eigenvalue weighted by molar-refractivity contribution is 0.0600. The van der Waals surface area contributed by atoms with E-state index in [-0.39, 0.29) is 18.0 Å². The summed E-state index contributed by atoms with van der Waals surface area (Å²) in [6.45, 7) is 2.13. The van der Waals surface area contributed by atoms with Gasteiger partial charge < -0.3 is 10.1 Å². The number of benzene rings is 3. The normalized spacial score (nSPS) is 11.0. The van der Waals surface area contributed by atoms with Crippen molar-refractivity contribution in [3.05, 3.63) is 124 Å². The molecule has 0 fully saturated rings. The van der Waals surface area contributed by atoms with E-state index in [0.717, 1.165) is 11.1 Å². The molecular formula is C32H25N7O4S. The van der Waals surface area contributed by atoms with Crippen molar-refractivity contribution in [1.29, 1.82) is 0 Å². The fraction of sp³-hybridized carbons (Fsp3) is 0.0938. The standard InChI is InChI=1S/C32H25N7O4S/c1-19-25-16-17-26(40)39(28(25)36-31(34-19)44-32-35-27(37-38-32)21-6-4-3-5-7-21)24-14-12-22(13-15-24)29(41)33-18-20-8-10-23(11-9-20)30(42)43-2/h3-17H,18H2,1-2H3,(H,33,41)(H,35,37,38). The van der Waals surface area contributed by atoms with Crippen LogP contribution in [0.5, 0.6) is 0 Å². The number of esters is 1. The summed E-state index contributed by atoms with van der Waals surface area (Å²) in [5.74, 6) is -0.0742. The van der Waals surface area contributed by atoms with E-state index in [1.54, 1.807) is 54.6 Å². The summed E-state index contributed by atoms with van der Waals surface area (Å²) in [5.41, 5.74) is 3.99. The van der Waals surface area contributed by atoms with Crippen LogP contribution in [0.3, 0.4) is 0 Å². The van der Waals surface area contributed by atoms with Crippen LogP contribution in [0.25, 0.3) is 28.1 Å². The molecule has 218 valence electrons. The quantitative estimate of drug-likeness (QED) is 0.186. The molecule has 12 heteroatoms. The van der Waals surface area contributed by atoms with Crippen LogP contribution >= 0.6 is 11.8 Å². The average Bonchev–Trinajstić information content (AvgIpc) is 3.52. The van der Waals surface area contributed by atoms with E-state index in [1.807, 2.05) is 37.3 Å². The lowest BCUT2D eigenvalue weighted by Crippen LogP contribution is -2.23. The Morgan fingerprint density at radius 3 is 2.32 bits per heavy atom. The molecule has 0 saturated heterocycles. The van der Waals surface area contributed by atoms with Crippen LogP contribution in [-0.4, -0.2) is 48.7 Å². The maximum atomic E-state index is 13.1. The second-order valence-electron chi connectivity index (χ2n) is 9.69. The van der Waals surface area contributed by atoms with Gasteiger partial charge in [-0.25, -0.2) is 19.7 Å². The molecule has 6 rings (SSSR count). The highest BCUT2D eigenvalue weighted by Gasteiger charge is 2.16. The first kappa shape index (κ1) is 28.5. The van der Waals surface area contributed by atoms with E-state index < -0.39 is 5.97 Å². The minimum Gasteiger partial charge on any atom is -0.465 e. The number of hydrogen-bond donors (Lipinski definition) is 2. The summed E-state index contributed by atoms with van der Waals surface area (Å²) in [7, 11) is 1.32. The van der Waals surface area contributed by atoms with Crippen LogP contribution in [0.1, 0.15) is 32.0 Å². The molecule has 3 heterocycles. The van der Waals surface area contributed by atoms with Crippen molar-refractivity contribution >= 4 is 34.7 Å². The van der Waals surface area contributed by atoms with Crippen molar-refractivity contribution in [3.8, 4) is 17.1 Å². The Labute approximate surface area is 255 Å². The van der Waals surface area contributed by atoms with Gasteiger partial charge >= 0.3 is 5.97 Å². The second-order valence-corrected chi connectivity index (χ2v) is 10.6. The van der Waals surface area contributed by atoms with Gasteiger partial charge in [0.2, 0.25) is 5.16 Å². The Morgan fingerprint density at radius 2 is 1.59 bits per heavy atom. The Morgan fingerprint density at radius 1 is 0.864 bits per heavy atom. The summed E-state index contributed by atoms with van der Waals surface area (Å²) in [6.07, 6.45) is 0. The number of H-pyrrole nitrogens is 1. The van der Waals surface area contributed by atoms with E-state index in [4.69, 9.17) is 9.72 Å². The molecule has 3 aromatic carbocycles. The molecule has 0 bridgehead atoms. The SMILES string of the molecule is COC(=O)c1ccc(CNC(=O)c2ccc(-n3c(=O)ccc4c(C)nc(Sc5n[nH]c(-c6ccccc6)n5)nc43)cc2)cc1. The number of methoxy groups -OCH3 is 1. The number of rotatable bonds is 8. The molecule has 1 amide bonds. The maximum Gasteiger partial charge on any atom is 0.337 e. The number of aromatic amines is 1. The number of nitrogens with one attached hydrogen (secondary N) is 2. The molecule has 44 heavy (non-hydrogen) atoms. The van der Waals surface area contributed by atoms with Crippen LogP contribution < -0.4 is 10.9 Å². The van der Waals surface area contributed by atoms with Crippen molar-refractivity contribution in [2.75, 3.05) is 7.11 Å². The van der Waals surface area contributed by atoms with Gasteiger partial charge in [0.15, 0.2) is 16.6 Å². The van der Waals surface area contributed by atoms with Crippen LogP contribution in [0, 0.1) is 6.92 Å². The van der Waals surface area contributed by atoms with Gasteiger partial charge in [0.25, 0.3) is 11.5 Å². The van der Waals surface area contributed by atoms with Crippen molar-refractivity contribution in [2.45, 2.75) is 23.8 Å². The first-order chi connectivity index (χ1) is 21.4. The molecule has 0 saturated carbocycles. The molecule has 0 atom stereocenters. The fourth-order valence-electron chi connectivity index (χ4n) is 4.56. The number of nitrogens with zero attached hydrogens (tertiary/aromatic N) is 5. The number of ether oxygens (including phenoxy) is 1. The Hall–Kier alpha value is -5.62. The van der Waals surface area contributed by atoms with E-state index >= 15 is 0 Å². The highest BCUT2D eigenvalue weighted by molar-refractivity contribution is 7.99.